The van der Waals surface area contributed by atoms with Crippen molar-refractivity contribution in [1.82, 2.24) is 9.13 Å². The van der Waals surface area contributed by atoms with Crippen LogP contribution in [0, 0.1) is 6.92 Å². The van der Waals surface area contributed by atoms with E-state index < -0.39 is 0 Å². The minimum atomic E-state index is -0.337. The maximum atomic E-state index is 12.5. The Balaban J connectivity index is 2.45. The molecule has 0 aliphatic carbocycles. The molecule has 7 heteroatoms. The van der Waals surface area contributed by atoms with Crippen molar-refractivity contribution in [1.29, 1.82) is 0 Å². The molecule has 0 N–H and O–H groups in total. The molecule has 0 unspecified atom stereocenters. The highest BCUT2D eigenvalue weighted by Gasteiger charge is 2.14. The van der Waals surface area contributed by atoms with E-state index in [1.54, 1.807) is 28.1 Å². The Bertz CT molecular complexity index is 1030. The van der Waals surface area contributed by atoms with Gasteiger partial charge in [0.15, 0.2) is 11.5 Å². The van der Waals surface area contributed by atoms with Gasteiger partial charge in [-0.1, -0.05) is 12.1 Å². The molecular weight excluding hydrogens is 358 g/mol. The maximum absolute atomic E-state index is 12.5. The second-order valence-electron chi connectivity index (χ2n) is 6.23. The number of aliphatic imine (C=N–C) groups is 1. The van der Waals surface area contributed by atoms with Gasteiger partial charge in [0.2, 0.25) is 0 Å². The molecule has 1 heterocycles. The first-order valence-corrected chi connectivity index (χ1v) is 9.17. The van der Waals surface area contributed by atoms with Crippen LogP contribution in [0.1, 0.15) is 31.9 Å². The highest BCUT2D eigenvalue weighted by atomic mass is 16.5. The number of ether oxygens (including phenoxy) is 2. The molecule has 7 nitrogen and oxygen atoms in total. The predicted molar refractivity (Wildman–Crippen MR) is 112 cm³/mol. The average molecular weight is 385 g/mol. The second kappa shape index (κ2) is 9.21. The summed E-state index contributed by atoms with van der Waals surface area (Å²) in [6.45, 7) is 7.93. The highest BCUT2D eigenvalue weighted by Crippen LogP contribution is 2.28. The number of hydrogen-bond acceptors (Lipinski definition) is 5. The van der Waals surface area contributed by atoms with E-state index >= 15 is 0 Å². The lowest BCUT2D eigenvalue weighted by molar-refractivity contribution is 0.355. The molecule has 150 valence electrons. The van der Waals surface area contributed by atoms with Crippen LogP contribution in [0.2, 0.25) is 0 Å². The van der Waals surface area contributed by atoms with Gasteiger partial charge in [-0.15, -0.1) is 0 Å². The molecule has 0 aliphatic heterocycles. The number of hydrogen-bond donors (Lipinski definition) is 0. The molecule has 2 aromatic rings. The molecule has 0 spiro atoms. The SMILES string of the molecule is CCn1c(N=C(C)/C=C/c2ccc(OC)c(OC)c2)c(C)c(=O)n(CC)c1=O. The van der Waals surface area contributed by atoms with E-state index in [0.717, 1.165) is 5.56 Å². The Labute approximate surface area is 164 Å². The lowest BCUT2D eigenvalue weighted by atomic mass is 10.1. The summed E-state index contributed by atoms with van der Waals surface area (Å²) in [5.41, 5.74) is 1.41. The van der Waals surface area contributed by atoms with Gasteiger partial charge >= 0.3 is 5.69 Å². The molecule has 0 aliphatic rings. The summed E-state index contributed by atoms with van der Waals surface area (Å²) in [5, 5.41) is 0. The van der Waals surface area contributed by atoms with E-state index in [2.05, 4.69) is 4.99 Å². The van der Waals surface area contributed by atoms with E-state index in [9.17, 15) is 9.59 Å². The van der Waals surface area contributed by atoms with Gasteiger partial charge in [-0.25, -0.2) is 9.79 Å². The summed E-state index contributed by atoms with van der Waals surface area (Å²) >= 11 is 0. The van der Waals surface area contributed by atoms with E-state index in [4.69, 9.17) is 9.47 Å². The summed E-state index contributed by atoms with van der Waals surface area (Å²) in [6, 6.07) is 5.59. The van der Waals surface area contributed by atoms with Crippen LogP contribution < -0.4 is 20.7 Å². The Morgan fingerprint density at radius 2 is 1.71 bits per heavy atom. The summed E-state index contributed by atoms with van der Waals surface area (Å²) in [6.07, 6.45) is 3.72. The van der Waals surface area contributed by atoms with Crippen LogP contribution in [0.15, 0.2) is 38.9 Å². The van der Waals surface area contributed by atoms with Gasteiger partial charge in [0.05, 0.1) is 19.8 Å². The topological polar surface area (TPSA) is 74.8 Å². The molecule has 28 heavy (non-hydrogen) atoms. The quantitative estimate of drug-likeness (QED) is 0.686. The van der Waals surface area contributed by atoms with Gasteiger partial charge in [-0.3, -0.25) is 13.9 Å². The van der Waals surface area contributed by atoms with Gasteiger partial charge < -0.3 is 9.47 Å². The van der Waals surface area contributed by atoms with Crippen molar-refractivity contribution in [3.63, 3.8) is 0 Å². The van der Waals surface area contributed by atoms with Crippen molar-refractivity contribution in [2.45, 2.75) is 40.8 Å². The van der Waals surface area contributed by atoms with Crippen LogP contribution in [0.5, 0.6) is 11.5 Å². The fourth-order valence-corrected chi connectivity index (χ4v) is 2.91. The molecule has 1 aromatic carbocycles. The van der Waals surface area contributed by atoms with E-state index in [1.807, 2.05) is 44.2 Å². The third kappa shape index (κ3) is 4.24. The number of methoxy groups -OCH3 is 2. The molecule has 1 aromatic heterocycles. The molecule has 0 fully saturated rings. The van der Waals surface area contributed by atoms with Crippen molar-refractivity contribution >= 4 is 17.6 Å². The van der Waals surface area contributed by atoms with Gasteiger partial charge in [0.1, 0.15) is 5.82 Å². The Morgan fingerprint density at radius 3 is 2.29 bits per heavy atom. The van der Waals surface area contributed by atoms with E-state index in [-0.39, 0.29) is 11.2 Å². The Hall–Kier alpha value is -3.09. The standard InChI is InChI=1S/C21H27N3O4/c1-7-23-19(15(4)20(25)24(8-2)21(23)26)22-14(3)9-10-16-11-12-17(27-5)18(13-16)28-6/h9-13H,7-8H2,1-6H3/b10-9+,22-14?. The molecule has 0 bridgehead atoms. The van der Waals surface area contributed by atoms with Crippen LogP contribution in [-0.2, 0) is 13.1 Å². The first-order chi connectivity index (χ1) is 13.4. The summed E-state index contributed by atoms with van der Waals surface area (Å²) < 4.78 is 13.3. The summed E-state index contributed by atoms with van der Waals surface area (Å²) in [5.74, 6) is 1.69. The molecule has 0 saturated heterocycles. The van der Waals surface area contributed by atoms with Gasteiger partial charge in [0, 0.05) is 18.8 Å². The fourth-order valence-electron chi connectivity index (χ4n) is 2.91. The molecule has 2 rings (SSSR count). The van der Waals surface area contributed by atoms with Crippen molar-refractivity contribution in [2.75, 3.05) is 14.2 Å². The first kappa shape index (κ1) is 21.2. The maximum Gasteiger partial charge on any atom is 0.332 e. The number of benzene rings is 1. The largest absolute Gasteiger partial charge is 0.493 e. The third-order valence-corrected chi connectivity index (χ3v) is 4.46. The molecule has 0 radical (unpaired) electrons. The lowest BCUT2D eigenvalue weighted by Crippen LogP contribution is -2.40. The van der Waals surface area contributed by atoms with E-state index in [0.29, 0.717) is 41.7 Å². The molecule has 0 saturated carbocycles. The Kier molecular flexibility index (Phi) is 6.98. The summed E-state index contributed by atoms with van der Waals surface area (Å²) in [4.78, 5) is 29.5. The fraction of sp³-hybridized carbons (Fsp3) is 0.381. The number of aromatic nitrogens is 2. The van der Waals surface area contributed by atoms with Crippen molar-refractivity contribution in [2.24, 2.45) is 4.99 Å². The van der Waals surface area contributed by atoms with Gasteiger partial charge in [-0.2, -0.15) is 0 Å². The van der Waals surface area contributed by atoms with Crippen LogP contribution in [-0.4, -0.2) is 29.1 Å². The second-order valence-corrected chi connectivity index (χ2v) is 6.23. The monoisotopic (exact) mass is 385 g/mol. The minimum Gasteiger partial charge on any atom is -0.493 e. The van der Waals surface area contributed by atoms with Crippen LogP contribution >= 0.6 is 0 Å². The van der Waals surface area contributed by atoms with Crippen molar-refractivity contribution in [3.8, 4) is 11.5 Å². The number of allylic oxidation sites excluding steroid dienone is 1. The minimum absolute atomic E-state index is 0.298. The zero-order valence-corrected chi connectivity index (χ0v) is 17.3. The van der Waals surface area contributed by atoms with Crippen LogP contribution in [0.25, 0.3) is 6.08 Å². The lowest BCUT2D eigenvalue weighted by Gasteiger charge is -2.13. The summed E-state index contributed by atoms with van der Waals surface area (Å²) in [7, 11) is 3.18. The van der Waals surface area contributed by atoms with Gasteiger partial charge in [0.25, 0.3) is 5.56 Å². The first-order valence-electron chi connectivity index (χ1n) is 9.17. The van der Waals surface area contributed by atoms with Crippen molar-refractivity contribution < 1.29 is 9.47 Å². The zero-order valence-electron chi connectivity index (χ0n) is 17.3. The highest BCUT2D eigenvalue weighted by molar-refractivity contribution is 5.97. The smallest absolute Gasteiger partial charge is 0.332 e. The third-order valence-electron chi connectivity index (χ3n) is 4.46. The van der Waals surface area contributed by atoms with Crippen molar-refractivity contribution in [3.05, 3.63) is 56.2 Å². The number of rotatable bonds is 7. The molecule has 0 atom stereocenters. The Morgan fingerprint density at radius 1 is 1.07 bits per heavy atom. The van der Waals surface area contributed by atoms with E-state index in [1.165, 1.54) is 9.13 Å². The zero-order chi connectivity index (χ0) is 20.8. The average Bonchev–Trinajstić information content (AvgIpc) is 2.70. The molecular formula is C21H27N3O4. The van der Waals surface area contributed by atoms with Crippen LogP contribution in [0.4, 0.5) is 5.82 Å². The number of nitrogens with zero attached hydrogens (tertiary/aromatic N) is 3. The normalized spacial score (nSPS) is 11.9. The predicted octanol–water partition coefficient (Wildman–Crippen LogP) is 3.18. The van der Waals surface area contributed by atoms with Gasteiger partial charge in [-0.05, 0) is 51.5 Å². The molecule has 0 amide bonds. The van der Waals surface area contributed by atoms with Crippen LogP contribution in [0.3, 0.4) is 0 Å².